The van der Waals surface area contributed by atoms with Crippen LogP contribution in [0.5, 0.6) is 17.2 Å². The second-order valence-electron chi connectivity index (χ2n) is 5.93. The van der Waals surface area contributed by atoms with E-state index < -0.39 is 5.91 Å². The van der Waals surface area contributed by atoms with E-state index in [-0.39, 0.29) is 13.2 Å². The molecule has 6 nitrogen and oxygen atoms in total. The minimum Gasteiger partial charge on any atom is -0.495 e. The van der Waals surface area contributed by atoms with E-state index in [9.17, 15) is 4.79 Å². The maximum atomic E-state index is 12.4. The Morgan fingerprint density at radius 1 is 1.21 bits per heavy atom. The van der Waals surface area contributed by atoms with E-state index in [0.717, 1.165) is 15.8 Å². The Labute approximate surface area is 167 Å². The summed E-state index contributed by atoms with van der Waals surface area (Å²) in [6, 6.07) is 11.1. The zero-order valence-electron chi connectivity index (χ0n) is 15.9. The lowest BCUT2D eigenvalue weighted by Crippen LogP contribution is -2.19. The molecular weight excluding hydrogens is 376 g/mol. The lowest BCUT2D eigenvalue weighted by molar-refractivity contribution is -0.120. The molecule has 3 rings (SSSR count). The SMILES string of the molecule is C#CCn1c(=NC(=O)COc2cccc(C)c2)sc2c(OC)ccc(OC)c21. The van der Waals surface area contributed by atoms with Crippen LogP contribution in [0, 0.1) is 19.3 Å². The van der Waals surface area contributed by atoms with E-state index >= 15 is 0 Å². The molecule has 0 atom stereocenters. The lowest BCUT2D eigenvalue weighted by atomic mass is 10.2. The molecule has 0 aliphatic heterocycles. The fraction of sp³-hybridized carbons (Fsp3) is 0.238. The molecule has 0 unspecified atom stereocenters. The van der Waals surface area contributed by atoms with Crippen LogP contribution in [0.4, 0.5) is 0 Å². The number of thiazole rings is 1. The van der Waals surface area contributed by atoms with E-state index in [0.29, 0.717) is 22.0 Å². The monoisotopic (exact) mass is 396 g/mol. The number of amides is 1. The predicted octanol–water partition coefficient (Wildman–Crippen LogP) is 3.17. The Kier molecular flexibility index (Phi) is 6.02. The van der Waals surface area contributed by atoms with Crippen LogP contribution in [0.25, 0.3) is 10.2 Å². The van der Waals surface area contributed by atoms with Crippen molar-refractivity contribution in [2.24, 2.45) is 4.99 Å². The predicted molar refractivity (Wildman–Crippen MR) is 109 cm³/mol. The fourth-order valence-corrected chi connectivity index (χ4v) is 3.92. The third-order valence-electron chi connectivity index (χ3n) is 4.01. The summed E-state index contributed by atoms with van der Waals surface area (Å²) >= 11 is 1.32. The van der Waals surface area contributed by atoms with Crippen LogP contribution in [0.1, 0.15) is 5.56 Å². The average Bonchev–Trinajstić information content (AvgIpc) is 3.04. The fourth-order valence-electron chi connectivity index (χ4n) is 2.77. The minimum absolute atomic E-state index is 0.165. The van der Waals surface area contributed by atoms with Crippen LogP contribution in [-0.2, 0) is 11.3 Å². The number of carbonyl (C=O) groups excluding carboxylic acids is 1. The summed E-state index contributed by atoms with van der Waals surface area (Å²) in [5.41, 5.74) is 1.80. The Balaban J connectivity index is 2.00. The smallest absolute Gasteiger partial charge is 0.286 e. The van der Waals surface area contributed by atoms with Gasteiger partial charge in [-0.25, -0.2) is 0 Å². The standard InChI is InChI=1S/C21H20N2O4S/c1-5-11-23-19-16(25-3)9-10-17(26-4)20(19)28-21(23)22-18(24)13-27-15-8-6-7-14(2)12-15/h1,6-10,12H,11,13H2,2-4H3. The largest absolute Gasteiger partial charge is 0.495 e. The van der Waals surface area contributed by atoms with E-state index in [4.69, 9.17) is 20.6 Å². The first-order valence-electron chi connectivity index (χ1n) is 8.52. The Morgan fingerprint density at radius 2 is 1.96 bits per heavy atom. The van der Waals surface area contributed by atoms with Gasteiger partial charge >= 0.3 is 0 Å². The van der Waals surface area contributed by atoms with Crippen LogP contribution in [0.15, 0.2) is 41.4 Å². The molecule has 0 fully saturated rings. The summed E-state index contributed by atoms with van der Waals surface area (Å²) in [7, 11) is 3.17. The maximum Gasteiger partial charge on any atom is 0.286 e. The molecule has 144 valence electrons. The number of ether oxygens (including phenoxy) is 3. The zero-order valence-corrected chi connectivity index (χ0v) is 16.7. The van der Waals surface area contributed by atoms with Crippen LogP contribution < -0.4 is 19.0 Å². The lowest BCUT2D eigenvalue weighted by Gasteiger charge is -2.08. The molecule has 0 saturated carbocycles. The van der Waals surface area contributed by atoms with Crippen LogP contribution in [0.2, 0.25) is 0 Å². The number of aryl methyl sites for hydroxylation is 1. The van der Waals surface area contributed by atoms with Gasteiger partial charge < -0.3 is 18.8 Å². The van der Waals surface area contributed by atoms with Gasteiger partial charge in [-0.3, -0.25) is 4.79 Å². The average molecular weight is 396 g/mol. The van der Waals surface area contributed by atoms with Crippen molar-refractivity contribution in [1.82, 2.24) is 4.57 Å². The highest BCUT2D eigenvalue weighted by Gasteiger charge is 2.16. The molecule has 1 aromatic heterocycles. The van der Waals surface area contributed by atoms with Crippen molar-refractivity contribution in [3.63, 3.8) is 0 Å². The molecule has 0 spiro atoms. The van der Waals surface area contributed by atoms with Gasteiger partial charge in [-0.1, -0.05) is 29.4 Å². The summed E-state index contributed by atoms with van der Waals surface area (Å²) in [5, 5.41) is 0. The number of hydrogen-bond donors (Lipinski definition) is 0. The van der Waals surface area contributed by atoms with Crippen molar-refractivity contribution < 1.29 is 19.0 Å². The summed E-state index contributed by atoms with van der Waals surface area (Å²) < 4.78 is 19.0. The molecular formula is C21H20N2O4S. The van der Waals surface area contributed by atoms with Gasteiger partial charge in [0.15, 0.2) is 11.4 Å². The van der Waals surface area contributed by atoms with E-state index in [1.165, 1.54) is 11.3 Å². The van der Waals surface area contributed by atoms with Crippen molar-refractivity contribution in [2.75, 3.05) is 20.8 Å². The van der Waals surface area contributed by atoms with Crippen molar-refractivity contribution in [3.05, 3.63) is 46.8 Å². The van der Waals surface area contributed by atoms with Crippen LogP contribution >= 0.6 is 11.3 Å². The Hall–Kier alpha value is -3.24. The van der Waals surface area contributed by atoms with Crippen molar-refractivity contribution >= 4 is 27.5 Å². The molecule has 0 N–H and O–H groups in total. The molecule has 3 aromatic rings. The van der Waals surface area contributed by atoms with Crippen LogP contribution in [-0.4, -0.2) is 31.3 Å². The third kappa shape index (κ3) is 4.02. The highest BCUT2D eigenvalue weighted by Crippen LogP contribution is 2.35. The summed E-state index contributed by atoms with van der Waals surface area (Å²) in [6.45, 7) is 2.04. The molecule has 0 aliphatic rings. The summed E-state index contributed by atoms with van der Waals surface area (Å²) in [6.07, 6.45) is 5.53. The highest BCUT2D eigenvalue weighted by molar-refractivity contribution is 7.16. The maximum absolute atomic E-state index is 12.4. The number of methoxy groups -OCH3 is 2. The van der Waals surface area contributed by atoms with E-state index in [1.807, 2.05) is 31.2 Å². The Morgan fingerprint density at radius 3 is 2.64 bits per heavy atom. The zero-order chi connectivity index (χ0) is 20.1. The minimum atomic E-state index is -0.406. The van der Waals surface area contributed by atoms with Gasteiger partial charge in [-0.05, 0) is 36.8 Å². The quantitative estimate of drug-likeness (QED) is 0.601. The molecule has 2 aromatic carbocycles. The van der Waals surface area contributed by atoms with E-state index in [1.54, 1.807) is 30.9 Å². The topological polar surface area (TPSA) is 62.1 Å². The van der Waals surface area contributed by atoms with E-state index in [2.05, 4.69) is 10.9 Å². The number of aromatic nitrogens is 1. The number of nitrogens with zero attached hydrogens (tertiary/aromatic N) is 2. The molecule has 7 heteroatoms. The first-order valence-corrected chi connectivity index (χ1v) is 9.33. The Bertz CT molecular complexity index is 1120. The molecule has 0 bridgehead atoms. The molecule has 28 heavy (non-hydrogen) atoms. The normalized spacial score (nSPS) is 11.3. The van der Waals surface area contributed by atoms with Gasteiger partial charge in [0.25, 0.3) is 5.91 Å². The molecule has 0 saturated heterocycles. The van der Waals surface area contributed by atoms with Crippen molar-refractivity contribution in [3.8, 4) is 29.6 Å². The van der Waals surface area contributed by atoms with Gasteiger partial charge in [-0.15, -0.1) is 6.42 Å². The number of fused-ring (bicyclic) bond motifs is 1. The molecule has 0 radical (unpaired) electrons. The van der Waals surface area contributed by atoms with Gasteiger partial charge in [-0.2, -0.15) is 4.99 Å². The molecule has 0 aliphatic carbocycles. The highest BCUT2D eigenvalue weighted by atomic mass is 32.1. The summed E-state index contributed by atoms with van der Waals surface area (Å²) in [5.74, 6) is 4.11. The number of rotatable bonds is 6. The van der Waals surface area contributed by atoms with Crippen molar-refractivity contribution in [2.45, 2.75) is 13.5 Å². The number of hydrogen-bond acceptors (Lipinski definition) is 5. The number of carbonyl (C=O) groups is 1. The number of terminal acetylenes is 1. The third-order valence-corrected chi connectivity index (χ3v) is 5.11. The van der Waals surface area contributed by atoms with Crippen LogP contribution in [0.3, 0.4) is 0 Å². The van der Waals surface area contributed by atoms with Gasteiger partial charge in [0.05, 0.1) is 20.8 Å². The molecule has 1 amide bonds. The second-order valence-corrected chi connectivity index (χ2v) is 6.91. The summed E-state index contributed by atoms with van der Waals surface area (Å²) in [4.78, 5) is 17.1. The van der Waals surface area contributed by atoms with Gasteiger partial charge in [0, 0.05) is 0 Å². The first-order chi connectivity index (χ1) is 13.6. The molecule has 1 heterocycles. The van der Waals surface area contributed by atoms with Gasteiger partial charge in [0.2, 0.25) is 0 Å². The second kappa shape index (κ2) is 8.63. The number of benzene rings is 2. The van der Waals surface area contributed by atoms with Crippen molar-refractivity contribution in [1.29, 1.82) is 0 Å². The van der Waals surface area contributed by atoms with Gasteiger partial charge in [0.1, 0.15) is 27.5 Å². The first kappa shape index (κ1) is 19.5.